The molecular formula is C20H16ClN3O3S. The highest BCUT2D eigenvalue weighted by Crippen LogP contribution is 2.35. The van der Waals surface area contributed by atoms with E-state index in [2.05, 4.69) is 15.3 Å². The van der Waals surface area contributed by atoms with Crippen LogP contribution in [0.5, 0.6) is 5.75 Å². The van der Waals surface area contributed by atoms with Gasteiger partial charge in [-0.3, -0.25) is 9.59 Å². The second-order valence-corrected chi connectivity index (χ2v) is 7.85. The second-order valence-electron chi connectivity index (χ2n) is 6.44. The smallest absolute Gasteiger partial charge is 0.257 e. The third-order valence-electron chi connectivity index (χ3n) is 4.51. The Bertz CT molecular complexity index is 1080. The lowest BCUT2D eigenvalue weighted by atomic mass is 9.87. The highest BCUT2D eigenvalue weighted by atomic mass is 35.5. The SMILES string of the molecule is O=C1C[C@@H](c2ccc(O)cc2)c2c(nc(SCc3ccc(Cl)cc3)[nH]c2=O)N1. The predicted molar refractivity (Wildman–Crippen MR) is 109 cm³/mol. The molecule has 1 aliphatic heterocycles. The Morgan fingerprint density at radius 1 is 1.11 bits per heavy atom. The number of carbonyl (C=O) groups is 1. The minimum Gasteiger partial charge on any atom is -0.508 e. The summed E-state index contributed by atoms with van der Waals surface area (Å²) in [4.78, 5) is 32.2. The lowest BCUT2D eigenvalue weighted by molar-refractivity contribution is -0.116. The number of amides is 1. The number of hydrogen-bond acceptors (Lipinski definition) is 5. The van der Waals surface area contributed by atoms with E-state index in [0.29, 0.717) is 21.5 Å². The predicted octanol–water partition coefficient (Wildman–Crippen LogP) is 3.90. The topological polar surface area (TPSA) is 95.1 Å². The first-order valence-corrected chi connectivity index (χ1v) is 9.96. The largest absolute Gasteiger partial charge is 0.508 e. The van der Waals surface area contributed by atoms with Gasteiger partial charge in [0.05, 0.1) is 5.56 Å². The van der Waals surface area contributed by atoms with Crippen molar-refractivity contribution in [2.24, 2.45) is 0 Å². The number of aromatic amines is 1. The van der Waals surface area contributed by atoms with Crippen molar-refractivity contribution in [2.45, 2.75) is 23.2 Å². The Morgan fingerprint density at radius 2 is 1.82 bits per heavy atom. The maximum absolute atomic E-state index is 12.8. The molecular weight excluding hydrogens is 398 g/mol. The Morgan fingerprint density at radius 3 is 2.54 bits per heavy atom. The summed E-state index contributed by atoms with van der Waals surface area (Å²) in [6.45, 7) is 0. The van der Waals surface area contributed by atoms with Crippen molar-refractivity contribution < 1.29 is 9.90 Å². The zero-order valence-corrected chi connectivity index (χ0v) is 16.2. The van der Waals surface area contributed by atoms with Crippen molar-refractivity contribution in [3.8, 4) is 5.75 Å². The van der Waals surface area contributed by atoms with Gasteiger partial charge >= 0.3 is 0 Å². The third kappa shape index (κ3) is 3.90. The fourth-order valence-corrected chi connectivity index (χ4v) is 4.09. The molecule has 1 aliphatic rings. The van der Waals surface area contributed by atoms with Crippen LogP contribution in [0.4, 0.5) is 5.82 Å². The number of thioether (sulfide) groups is 1. The van der Waals surface area contributed by atoms with Crippen LogP contribution in [0.25, 0.3) is 0 Å². The molecule has 0 bridgehead atoms. The fraction of sp³-hybridized carbons (Fsp3) is 0.150. The quantitative estimate of drug-likeness (QED) is 0.445. The maximum Gasteiger partial charge on any atom is 0.257 e. The summed E-state index contributed by atoms with van der Waals surface area (Å²) in [5.74, 6) is 0.420. The number of aromatic nitrogens is 2. The summed E-state index contributed by atoms with van der Waals surface area (Å²) in [5, 5.41) is 13.3. The van der Waals surface area contributed by atoms with Crippen LogP contribution in [-0.2, 0) is 10.5 Å². The molecule has 142 valence electrons. The Kier molecular flexibility index (Phi) is 5.11. The monoisotopic (exact) mass is 413 g/mol. The minimum atomic E-state index is -0.407. The molecule has 1 atom stereocenters. The number of halogens is 1. The van der Waals surface area contributed by atoms with E-state index in [9.17, 15) is 14.7 Å². The number of phenols is 1. The standard InChI is InChI=1S/C20H16ClN3O3S/c21-13-5-1-11(2-6-13)10-28-20-23-18-17(19(27)24-20)15(9-16(26)22-18)12-3-7-14(25)8-4-12/h1-8,15,25H,9-10H2,(H2,22,23,24,26,27)/t15-/m0/s1. The van der Waals surface area contributed by atoms with Gasteiger partial charge < -0.3 is 15.4 Å². The van der Waals surface area contributed by atoms with Crippen molar-refractivity contribution >= 4 is 35.1 Å². The summed E-state index contributed by atoms with van der Waals surface area (Å²) in [5.41, 5.74) is 1.98. The molecule has 0 spiro atoms. The maximum atomic E-state index is 12.8. The Hall–Kier alpha value is -2.77. The van der Waals surface area contributed by atoms with E-state index in [1.165, 1.54) is 11.8 Å². The van der Waals surface area contributed by atoms with Crippen molar-refractivity contribution in [3.05, 3.63) is 80.6 Å². The van der Waals surface area contributed by atoms with Gasteiger partial charge in [0.25, 0.3) is 5.56 Å². The van der Waals surface area contributed by atoms with E-state index in [1.54, 1.807) is 24.3 Å². The fourth-order valence-electron chi connectivity index (χ4n) is 3.14. The number of nitrogens with one attached hydrogen (secondary N) is 2. The number of rotatable bonds is 4. The number of carbonyl (C=O) groups excluding carboxylic acids is 1. The van der Waals surface area contributed by atoms with Crippen LogP contribution in [0.1, 0.15) is 29.0 Å². The molecule has 3 N–H and O–H groups in total. The Labute approximate surface area is 170 Å². The first-order valence-electron chi connectivity index (χ1n) is 8.60. The highest BCUT2D eigenvalue weighted by molar-refractivity contribution is 7.98. The molecule has 0 unspecified atom stereocenters. The number of anilines is 1. The number of aromatic hydroxyl groups is 1. The van der Waals surface area contributed by atoms with E-state index < -0.39 is 5.92 Å². The minimum absolute atomic E-state index is 0.130. The molecule has 28 heavy (non-hydrogen) atoms. The van der Waals surface area contributed by atoms with Gasteiger partial charge in [0, 0.05) is 23.1 Å². The normalized spacial score (nSPS) is 15.8. The molecule has 6 nitrogen and oxygen atoms in total. The van der Waals surface area contributed by atoms with Crippen LogP contribution >= 0.6 is 23.4 Å². The lowest BCUT2D eigenvalue weighted by Crippen LogP contribution is -2.31. The van der Waals surface area contributed by atoms with Crippen LogP contribution in [0.15, 0.2) is 58.5 Å². The van der Waals surface area contributed by atoms with Crippen LogP contribution in [0.3, 0.4) is 0 Å². The molecule has 2 heterocycles. The second kappa shape index (κ2) is 7.69. The van der Waals surface area contributed by atoms with Crippen molar-refractivity contribution in [1.29, 1.82) is 0 Å². The van der Waals surface area contributed by atoms with Crippen molar-refractivity contribution in [2.75, 3.05) is 5.32 Å². The molecule has 8 heteroatoms. The van der Waals surface area contributed by atoms with Gasteiger partial charge in [-0.2, -0.15) is 0 Å². The van der Waals surface area contributed by atoms with Gasteiger partial charge in [-0.05, 0) is 35.4 Å². The number of H-pyrrole nitrogens is 1. The summed E-state index contributed by atoms with van der Waals surface area (Å²) in [6.07, 6.45) is 0.153. The first kappa shape index (κ1) is 18.6. The molecule has 1 amide bonds. The molecule has 0 radical (unpaired) electrons. The van der Waals surface area contributed by atoms with E-state index in [-0.39, 0.29) is 29.5 Å². The van der Waals surface area contributed by atoms with Crippen molar-refractivity contribution in [1.82, 2.24) is 9.97 Å². The zero-order valence-electron chi connectivity index (χ0n) is 14.6. The molecule has 3 aromatic rings. The molecule has 2 aromatic carbocycles. The molecule has 0 fully saturated rings. The average Bonchev–Trinajstić information content (AvgIpc) is 2.67. The number of phenolic OH excluding ortho intramolecular Hbond substituents is 1. The van der Waals surface area contributed by atoms with E-state index in [0.717, 1.165) is 11.1 Å². The zero-order chi connectivity index (χ0) is 19.7. The van der Waals surface area contributed by atoms with Crippen LogP contribution in [-0.4, -0.2) is 21.0 Å². The summed E-state index contributed by atoms with van der Waals surface area (Å²) >= 11 is 7.27. The number of benzene rings is 2. The summed E-state index contributed by atoms with van der Waals surface area (Å²) in [7, 11) is 0. The van der Waals surface area contributed by atoms with Gasteiger partial charge in [-0.1, -0.05) is 47.6 Å². The molecule has 1 aromatic heterocycles. The summed E-state index contributed by atoms with van der Waals surface area (Å²) in [6, 6.07) is 13.9. The summed E-state index contributed by atoms with van der Waals surface area (Å²) < 4.78 is 0. The van der Waals surface area contributed by atoms with E-state index >= 15 is 0 Å². The van der Waals surface area contributed by atoms with Gasteiger partial charge in [-0.15, -0.1) is 0 Å². The third-order valence-corrected chi connectivity index (χ3v) is 5.71. The van der Waals surface area contributed by atoms with E-state index in [1.807, 2.05) is 24.3 Å². The van der Waals surface area contributed by atoms with Gasteiger partial charge in [0.2, 0.25) is 5.91 Å². The highest BCUT2D eigenvalue weighted by Gasteiger charge is 2.30. The van der Waals surface area contributed by atoms with Crippen LogP contribution < -0.4 is 10.9 Å². The first-order chi connectivity index (χ1) is 13.5. The molecule has 0 aliphatic carbocycles. The molecule has 4 rings (SSSR count). The van der Waals surface area contributed by atoms with Crippen LogP contribution in [0, 0.1) is 0 Å². The van der Waals surface area contributed by atoms with Crippen LogP contribution in [0.2, 0.25) is 5.02 Å². The molecule has 0 saturated heterocycles. The number of fused-ring (bicyclic) bond motifs is 1. The van der Waals surface area contributed by atoms with Gasteiger partial charge in [-0.25, -0.2) is 4.98 Å². The van der Waals surface area contributed by atoms with Crippen molar-refractivity contribution in [3.63, 3.8) is 0 Å². The molecule has 0 saturated carbocycles. The van der Waals surface area contributed by atoms with Gasteiger partial charge in [0.15, 0.2) is 5.16 Å². The lowest BCUT2D eigenvalue weighted by Gasteiger charge is -2.24. The number of nitrogens with zero attached hydrogens (tertiary/aromatic N) is 1. The van der Waals surface area contributed by atoms with Gasteiger partial charge in [0.1, 0.15) is 11.6 Å². The Balaban J connectivity index is 1.63. The van der Waals surface area contributed by atoms with E-state index in [4.69, 9.17) is 11.6 Å². The number of hydrogen-bond donors (Lipinski definition) is 3. The average molecular weight is 414 g/mol.